The lowest BCUT2D eigenvalue weighted by molar-refractivity contribution is -0.201. The van der Waals surface area contributed by atoms with Crippen LogP contribution in [0.1, 0.15) is 26.7 Å². The summed E-state index contributed by atoms with van der Waals surface area (Å²) < 4.78 is 26.3. The van der Waals surface area contributed by atoms with Crippen molar-refractivity contribution in [2.24, 2.45) is 5.41 Å². The molecule has 0 aromatic heterocycles. The van der Waals surface area contributed by atoms with Gasteiger partial charge >= 0.3 is 17.9 Å². The maximum atomic E-state index is 13.1. The summed E-state index contributed by atoms with van der Waals surface area (Å²) in [6, 6.07) is 0. The molecule has 0 aliphatic rings. The highest BCUT2D eigenvalue weighted by atomic mass is 19.3. The van der Waals surface area contributed by atoms with Gasteiger partial charge in [0.05, 0.1) is 0 Å². The summed E-state index contributed by atoms with van der Waals surface area (Å²) in [5.74, 6) is -8.43. The molecule has 14 heavy (non-hydrogen) atoms. The summed E-state index contributed by atoms with van der Waals surface area (Å²) in [5.41, 5.74) is -2.52. The molecule has 0 amide bonds. The van der Waals surface area contributed by atoms with E-state index in [2.05, 4.69) is 0 Å². The van der Waals surface area contributed by atoms with Crippen LogP contribution >= 0.6 is 0 Å². The van der Waals surface area contributed by atoms with Gasteiger partial charge in [0, 0.05) is 0 Å². The Balaban J connectivity index is 5.39. The molecule has 0 unspecified atom stereocenters. The number of carbonyl (C=O) groups is 2. The Morgan fingerprint density at radius 3 is 1.50 bits per heavy atom. The number of hydrogen-bond acceptors (Lipinski definition) is 2. The minimum atomic E-state index is -4.25. The van der Waals surface area contributed by atoms with Crippen LogP contribution in [0.25, 0.3) is 0 Å². The summed E-state index contributed by atoms with van der Waals surface area (Å²) in [7, 11) is 0. The van der Waals surface area contributed by atoms with Gasteiger partial charge in [-0.2, -0.15) is 8.78 Å². The lowest BCUT2D eigenvalue weighted by Gasteiger charge is -2.31. The van der Waals surface area contributed by atoms with Gasteiger partial charge in [0.1, 0.15) is 5.41 Å². The summed E-state index contributed by atoms with van der Waals surface area (Å²) in [6.07, 6.45) is -0.865. The fourth-order valence-corrected chi connectivity index (χ4v) is 1.34. The zero-order chi connectivity index (χ0) is 11.6. The van der Waals surface area contributed by atoms with Gasteiger partial charge in [-0.05, 0) is 12.8 Å². The van der Waals surface area contributed by atoms with E-state index >= 15 is 0 Å². The van der Waals surface area contributed by atoms with Crippen molar-refractivity contribution >= 4 is 11.9 Å². The topological polar surface area (TPSA) is 74.6 Å². The molecule has 6 heteroatoms. The fourth-order valence-electron chi connectivity index (χ4n) is 1.34. The third-order valence-electron chi connectivity index (χ3n) is 2.49. The van der Waals surface area contributed by atoms with Gasteiger partial charge in [-0.3, -0.25) is 4.79 Å². The van der Waals surface area contributed by atoms with Crippen molar-refractivity contribution in [3.05, 3.63) is 0 Å². The van der Waals surface area contributed by atoms with E-state index in [0.29, 0.717) is 0 Å². The first-order valence-corrected chi connectivity index (χ1v) is 4.10. The van der Waals surface area contributed by atoms with E-state index in [0.717, 1.165) is 0 Å². The first-order valence-electron chi connectivity index (χ1n) is 4.10. The number of aliphatic carboxylic acids is 2. The first-order chi connectivity index (χ1) is 6.26. The third kappa shape index (κ3) is 1.56. The largest absolute Gasteiger partial charge is 0.481 e. The fraction of sp³-hybridized carbons (Fsp3) is 0.750. The Kier molecular flexibility index (Phi) is 3.56. The van der Waals surface area contributed by atoms with Crippen molar-refractivity contribution in [1.29, 1.82) is 0 Å². The quantitative estimate of drug-likeness (QED) is 0.722. The van der Waals surface area contributed by atoms with Crippen LogP contribution in [0.5, 0.6) is 0 Å². The second-order valence-corrected chi connectivity index (χ2v) is 2.97. The molecule has 82 valence electrons. The zero-order valence-electron chi connectivity index (χ0n) is 7.88. The van der Waals surface area contributed by atoms with Crippen molar-refractivity contribution < 1.29 is 28.6 Å². The van der Waals surface area contributed by atoms with Crippen LogP contribution in [0.3, 0.4) is 0 Å². The molecule has 0 saturated heterocycles. The average molecular weight is 210 g/mol. The van der Waals surface area contributed by atoms with Crippen LogP contribution in [-0.4, -0.2) is 28.1 Å². The van der Waals surface area contributed by atoms with Crippen molar-refractivity contribution in [2.45, 2.75) is 32.6 Å². The van der Waals surface area contributed by atoms with Crippen LogP contribution < -0.4 is 0 Å². The second-order valence-electron chi connectivity index (χ2n) is 2.97. The van der Waals surface area contributed by atoms with Crippen LogP contribution in [0.15, 0.2) is 0 Å². The summed E-state index contributed by atoms with van der Waals surface area (Å²) in [4.78, 5) is 21.0. The SMILES string of the molecule is CCC(CC)(C(=O)O)C(F)(F)C(=O)O. The minimum absolute atomic E-state index is 0.432. The van der Waals surface area contributed by atoms with Crippen molar-refractivity contribution in [3.63, 3.8) is 0 Å². The van der Waals surface area contributed by atoms with Crippen LogP contribution in [-0.2, 0) is 9.59 Å². The van der Waals surface area contributed by atoms with Gasteiger partial charge < -0.3 is 10.2 Å². The number of carboxylic acid groups (broad SMARTS) is 2. The van der Waals surface area contributed by atoms with E-state index in [-0.39, 0.29) is 0 Å². The lowest BCUT2D eigenvalue weighted by Crippen LogP contribution is -2.51. The maximum absolute atomic E-state index is 13.1. The number of alkyl halides is 2. The summed E-state index contributed by atoms with van der Waals surface area (Å²) >= 11 is 0. The number of halogens is 2. The first kappa shape index (κ1) is 12.8. The highest BCUT2D eigenvalue weighted by molar-refractivity contribution is 5.87. The molecule has 0 atom stereocenters. The third-order valence-corrected chi connectivity index (χ3v) is 2.49. The van der Waals surface area contributed by atoms with Gasteiger partial charge in [0.2, 0.25) is 0 Å². The van der Waals surface area contributed by atoms with Gasteiger partial charge in [-0.1, -0.05) is 13.8 Å². The molecule has 0 aliphatic heterocycles. The number of rotatable bonds is 5. The van der Waals surface area contributed by atoms with Gasteiger partial charge in [-0.15, -0.1) is 0 Å². The summed E-state index contributed by atoms with van der Waals surface area (Å²) in [6.45, 7) is 2.46. The van der Waals surface area contributed by atoms with E-state index in [1.807, 2.05) is 0 Å². The molecule has 0 bridgehead atoms. The summed E-state index contributed by atoms with van der Waals surface area (Å²) in [5, 5.41) is 16.9. The zero-order valence-corrected chi connectivity index (χ0v) is 7.88. The molecule has 0 heterocycles. The van der Waals surface area contributed by atoms with E-state index < -0.39 is 36.1 Å². The van der Waals surface area contributed by atoms with Gasteiger partial charge in [0.15, 0.2) is 0 Å². The molecule has 4 nitrogen and oxygen atoms in total. The van der Waals surface area contributed by atoms with E-state index in [4.69, 9.17) is 10.2 Å². The molecule has 0 spiro atoms. The van der Waals surface area contributed by atoms with Crippen LogP contribution in [0.4, 0.5) is 8.78 Å². The van der Waals surface area contributed by atoms with Crippen molar-refractivity contribution in [3.8, 4) is 0 Å². The monoisotopic (exact) mass is 210 g/mol. The molecular formula is C8H12F2O4. The Morgan fingerprint density at radius 2 is 1.43 bits per heavy atom. The highest BCUT2D eigenvalue weighted by Crippen LogP contribution is 2.43. The normalized spacial score (nSPS) is 12.6. The van der Waals surface area contributed by atoms with Gasteiger partial charge in [0.25, 0.3) is 0 Å². The number of carboxylic acids is 2. The highest BCUT2D eigenvalue weighted by Gasteiger charge is 2.62. The van der Waals surface area contributed by atoms with Crippen molar-refractivity contribution in [2.75, 3.05) is 0 Å². The van der Waals surface area contributed by atoms with Crippen LogP contribution in [0, 0.1) is 5.41 Å². The molecule has 0 fully saturated rings. The van der Waals surface area contributed by atoms with E-state index in [9.17, 15) is 18.4 Å². The molecular weight excluding hydrogens is 198 g/mol. The smallest absolute Gasteiger partial charge is 0.375 e. The van der Waals surface area contributed by atoms with E-state index in [1.54, 1.807) is 0 Å². The maximum Gasteiger partial charge on any atom is 0.375 e. The Hall–Kier alpha value is -1.20. The van der Waals surface area contributed by atoms with E-state index in [1.165, 1.54) is 13.8 Å². The minimum Gasteiger partial charge on any atom is -0.481 e. The lowest BCUT2D eigenvalue weighted by atomic mass is 9.76. The molecule has 2 N–H and O–H groups in total. The van der Waals surface area contributed by atoms with Crippen molar-refractivity contribution in [1.82, 2.24) is 0 Å². The van der Waals surface area contributed by atoms with Crippen LogP contribution in [0.2, 0.25) is 0 Å². The Morgan fingerprint density at radius 1 is 1.07 bits per heavy atom. The van der Waals surface area contributed by atoms with Gasteiger partial charge in [-0.25, -0.2) is 4.79 Å². The molecule has 0 saturated carbocycles. The molecule has 0 aliphatic carbocycles. The molecule has 0 rings (SSSR count). The number of hydrogen-bond donors (Lipinski definition) is 2. The Labute approximate surface area is 79.5 Å². The average Bonchev–Trinajstić information content (AvgIpc) is 2.05. The predicted molar refractivity (Wildman–Crippen MR) is 43.2 cm³/mol. The predicted octanol–water partition coefficient (Wildman–Crippen LogP) is 1.60. The standard InChI is InChI=1S/C8H12F2O4/c1-3-7(4-2,5(11)12)8(9,10)6(13)14/h3-4H2,1-2H3,(H,11,12)(H,13,14). The molecule has 0 radical (unpaired) electrons. The molecule has 0 aromatic rings. The molecule has 0 aromatic carbocycles. The Bertz CT molecular complexity index is 246. The second kappa shape index (κ2) is 3.89.